The molecule has 0 bridgehead atoms. The summed E-state index contributed by atoms with van der Waals surface area (Å²) in [4.78, 5) is 13.1. The lowest BCUT2D eigenvalue weighted by Gasteiger charge is -2.21. The number of halogens is 1. The normalized spacial score (nSPS) is 11.3. The molecule has 0 saturated heterocycles. The number of thiophene rings is 1. The molecule has 4 rings (SSSR count). The Morgan fingerprint density at radius 2 is 1.62 bits per heavy atom. The van der Waals surface area contributed by atoms with E-state index in [1.165, 1.54) is 25.2 Å². The first-order chi connectivity index (χ1) is 16.2. The number of nitrogens with one attached hydrogen (secondary N) is 1. The van der Waals surface area contributed by atoms with Gasteiger partial charge >= 0.3 is 0 Å². The second kappa shape index (κ2) is 9.40. The summed E-state index contributed by atoms with van der Waals surface area (Å²) >= 11 is 1.01. The molecule has 5 nitrogen and oxygen atoms in total. The summed E-state index contributed by atoms with van der Waals surface area (Å²) in [5, 5.41) is 4.37. The SMILES string of the molecule is Cc1cccc(NC(=O)c2scc(-c3cccc(F)c3)c2S(=O)(=O)N(C)c2cccc(C)c2)c1. The van der Waals surface area contributed by atoms with Gasteiger partial charge in [-0.3, -0.25) is 9.10 Å². The van der Waals surface area contributed by atoms with Gasteiger partial charge < -0.3 is 5.32 Å². The zero-order valence-electron chi connectivity index (χ0n) is 18.9. The summed E-state index contributed by atoms with van der Waals surface area (Å²) in [6.07, 6.45) is 0. The van der Waals surface area contributed by atoms with Gasteiger partial charge in [0, 0.05) is 23.7 Å². The van der Waals surface area contributed by atoms with Gasteiger partial charge in [-0.15, -0.1) is 11.3 Å². The molecular weight excluding hydrogens is 471 g/mol. The van der Waals surface area contributed by atoms with Gasteiger partial charge in [-0.1, -0.05) is 36.4 Å². The number of aryl methyl sites for hydroxylation is 2. The number of benzene rings is 3. The van der Waals surface area contributed by atoms with Gasteiger partial charge in [0.1, 0.15) is 15.6 Å². The van der Waals surface area contributed by atoms with E-state index < -0.39 is 21.7 Å². The first-order valence-corrected chi connectivity index (χ1v) is 12.8. The highest BCUT2D eigenvalue weighted by Crippen LogP contribution is 2.38. The van der Waals surface area contributed by atoms with Gasteiger partial charge in [-0.2, -0.15) is 0 Å². The van der Waals surface area contributed by atoms with Gasteiger partial charge in [-0.25, -0.2) is 12.8 Å². The molecule has 174 valence electrons. The molecule has 0 aliphatic carbocycles. The van der Waals surface area contributed by atoms with E-state index in [-0.39, 0.29) is 15.3 Å². The average molecular weight is 495 g/mol. The summed E-state index contributed by atoms with van der Waals surface area (Å²) in [6, 6.07) is 20.0. The number of carbonyl (C=O) groups excluding carboxylic acids is 1. The minimum absolute atomic E-state index is 0.0280. The van der Waals surface area contributed by atoms with Crippen LogP contribution in [0.5, 0.6) is 0 Å². The van der Waals surface area contributed by atoms with Crippen molar-refractivity contribution in [2.75, 3.05) is 16.7 Å². The molecule has 0 spiro atoms. The van der Waals surface area contributed by atoms with Crippen molar-refractivity contribution < 1.29 is 17.6 Å². The van der Waals surface area contributed by atoms with Crippen molar-refractivity contribution >= 4 is 38.6 Å². The van der Waals surface area contributed by atoms with Gasteiger partial charge in [0.05, 0.1) is 5.69 Å². The Bertz CT molecular complexity index is 1480. The molecule has 1 N–H and O–H groups in total. The Hall–Kier alpha value is -3.49. The third-order valence-electron chi connectivity index (χ3n) is 5.35. The van der Waals surface area contributed by atoms with Crippen LogP contribution in [0.1, 0.15) is 20.8 Å². The first-order valence-electron chi connectivity index (χ1n) is 10.5. The summed E-state index contributed by atoms with van der Waals surface area (Å²) in [5.74, 6) is -1.04. The van der Waals surface area contributed by atoms with Crippen molar-refractivity contribution in [3.63, 3.8) is 0 Å². The Kier molecular flexibility index (Phi) is 6.54. The van der Waals surface area contributed by atoms with E-state index in [1.54, 1.807) is 47.8 Å². The predicted octanol–water partition coefficient (Wildman–Crippen LogP) is 6.25. The van der Waals surface area contributed by atoms with Crippen LogP contribution in [0.3, 0.4) is 0 Å². The van der Waals surface area contributed by atoms with E-state index in [1.807, 2.05) is 26.0 Å². The maximum absolute atomic E-state index is 14.0. The topological polar surface area (TPSA) is 66.5 Å². The minimum atomic E-state index is -4.17. The molecule has 0 unspecified atom stereocenters. The predicted molar refractivity (Wildman–Crippen MR) is 136 cm³/mol. The zero-order chi connectivity index (χ0) is 24.5. The maximum atomic E-state index is 14.0. The number of nitrogens with zero attached hydrogens (tertiary/aromatic N) is 1. The van der Waals surface area contributed by atoms with Crippen LogP contribution in [0.2, 0.25) is 0 Å². The van der Waals surface area contributed by atoms with Crippen LogP contribution in [0.25, 0.3) is 11.1 Å². The van der Waals surface area contributed by atoms with Crippen molar-refractivity contribution in [3.05, 3.63) is 100.0 Å². The average Bonchev–Trinajstić information content (AvgIpc) is 3.25. The molecule has 34 heavy (non-hydrogen) atoms. The molecule has 4 aromatic rings. The highest BCUT2D eigenvalue weighted by Gasteiger charge is 2.33. The quantitative estimate of drug-likeness (QED) is 0.345. The number of hydrogen-bond donors (Lipinski definition) is 1. The van der Waals surface area contributed by atoms with E-state index in [4.69, 9.17) is 0 Å². The summed E-state index contributed by atoms with van der Waals surface area (Å²) in [7, 11) is -2.73. The van der Waals surface area contributed by atoms with Gasteiger partial charge in [0.25, 0.3) is 15.9 Å². The maximum Gasteiger partial charge on any atom is 0.267 e. The van der Waals surface area contributed by atoms with E-state index in [2.05, 4.69) is 5.32 Å². The van der Waals surface area contributed by atoms with Crippen molar-refractivity contribution in [2.24, 2.45) is 0 Å². The Balaban J connectivity index is 1.86. The van der Waals surface area contributed by atoms with E-state index >= 15 is 0 Å². The Labute approximate surface area is 202 Å². The molecule has 1 aromatic heterocycles. The minimum Gasteiger partial charge on any atom is -0.321 e. The number of rotatable bonds is 6. The molecule has 1 amide bonds. The highest BCUT2D eigenvalue weighted by atomic mass is 32.2. The molecular formula is C26H23FN2O3S2. The molecule has 0 atom stereocenters. The molecule has 0 aliphatic rings. The van der Waals surface area contributed by atoms with E-state index in [0.29, 0.717) is 16.9 Å². The second-order valence-corrected chi connectivity index (χ2v) is 10.7. The van der Waals surface area contributed by atoms with Crippen LogP contribution >= 0.6 is 11.3 Å². The van der Waals surface area contributed by atoms with Crippen LogP contribution in [0.15, 0.2) is 83.1 Å². The fourth-order valence-electron chi connectivity index (χ4n) is 3.63. The summed E-state index contributed by atoms with van der Waals surface area (Å²) < 4.78 is 42.9. The van der Waals surface area contributed by atoms with Crippen LogP contribution in [-0.4, -0.2) is 21.4 Å². The van der Waals surface area contributed by atoms with Gasteiger partial charge in [0.15, 0.2) is 0 Å². The van der Waals surface area contributed by atoms with E-state index in [9.17, 15) is 17.6 Å². The smallest absolute Gasteiger partial charge is 0.267 e. The fourth-order valence-corrected chi connectivity index (χ4v) is 6.47. The number of anilines is 2. The monoisotopic (exact) mass is 494 g/mol. The standard InChI is InChI=1S/C26H23FN2O3S2/c1-17-7-4-11-21(13-17)28-26(30)24-25(23(16-33-24)19-9-6-10-20(27)15-19)34(31,32)29(3)22-12-5-8-18(2)14-22/h4-16H,1-3H3,(H,28,30). The summed E-state index contributed by atoms with van der Waals surface area (Å²) in [5.41, 5.74) is 3.52. The zero-order valence-corrected chi connectivity index (χ0v) is 20.5. The fraction of sp³-hybridized carbons (Fsp3) is 0.115. The Morgan fingerprint density at radius 3 is 2.29 bits per heavy atom. The van der Waals surface area contributed by atoms with Crippen molar-refractivity contribution in [1.82, 2.24) is 0 Å². The highest BCUT2D eigenvalue weighted by molar-refractivity contribution is 7.93. The third kappa shape index (κ3) is 4.73. The molecule has 3 aromatic carbocycles. The van der Waals surface area contributed by atoms with Gasteiger partial charge in [0.2, 0.25) is 0 Å². The third-order valence-corrected chi connectivity index (χ3v) is 8.33. The molecule has 0 saturated carbocycles. The number of carbonyl (C=O) groups is 1. The Morgan fingerprint density at radius 1 is 0.941 bits per heavy atom. The van der Waals surface area contributed by atoms with Crippen LogP contribution in [0.4, 0.5) is 15.8 Å². The molecule has 8 heteroatoms. The van der Waals surface area contributed by atoms with E-state index in [0.717, 1.165) is 26.8 Å². The molecule has 0 aliphatic heterocycles. The van der Waals surface area contributed by atoms with Crippen LogP contribution in [-0.2, 0) is 10.0 Å². The van der Waals surface area contributed by atoms with Crippen LogP contribution < -0.4 is 9.62 Å². The first kappa shape index (κ1) is 23.7. The lowest BCUT2D eigenvalue weighted by molar-refractivity contribution is 0.102. The second-order valence-electron chi connectivity index (χ2n) is 7.95. The lowest BCUT2D eigenvalue weighted by atomic mass is 10.1. The largest absolute Gasteiger partial charge is 0.321 e. The summed E-state index contributed by atoms with van der Waals surface area (Å²) in [6.45, 7) is 3.77. The van der Waals surface area contributed by atoms with Crippen molar-refractivity contribution in [1.29, 1.82) is 0 Å². The number of hydrogen-bond acceptors (Lipinski definition) is 4. The number of sulfonamides is 1. The van der Waals surface area contributed by atoms with Crippen molar-refractivity contribution in [2.45, 2.75) is 18.7 Å². The lowest BCUT2D eigenvalue weighted by Crippen LogP contribution is -2.28. The molecule has 0 fully saturated rings. The molecule has 0 radical (unpaired) electrons. The van der Waals surface area contributed by atoms with Crippen LogP contribution in [0, 0.1) is 19.7 Å². The van der Waals surface area contributed by atoms with Crippen molar-refractivity contribution in [3.8, 4) is 11.1 Å². The molecule has 1 heterocycles. The van der Waals surface area contributed by atoms with Gasteiger partial charge in [-0.05, 0) is 66.9 Å². The number of amides is 1.